The molecule has 1 fully saturated rings. The van der Waals surface area contributed by atoms with Crippen LogP contribution in [0, 0.1) is 0 Å². The maximum atomic E-state index is 12.9. The highest BCUT2D eigenvalue weighted by atomic mass is 35.5. The number of para-hydroxylation sites is 1. The summed E-state index contributed by atoms with van der Waals surface area (Å²) in [5.74, 6) is 0.638. The fourth-order valence-electron chi connectivity index (χ4n) is 3.20. The maximum absolute atomic E-state index is 12.9. The summed E-state index contributed by atoms with van der Waals surface area (Å²) in [5, 5.41) is 5.38. The zero-order valence-corrected chi connectivity index (χ0v) is 13.0. The Balaban J connectivity index is 1.95. The highest BCUT2D eigenvalue weighted by molar-refractivity contribution is 6.17. The largest absolute Gasteiger partial charge is 0.334 e. The van der Waals surface area contributed by atoms with Gasteiger partial charge in [-0.1, -0.05) is 18.2 Å². The fourth-order valence-corrected chi connectivity index (χ4v) is 3.45. The van der Waals surface area contributed by atoms with Crippen LogP contribution in [0.1, 0.15) is 36.2 Å². The highest BCUT2D eigenvalue weighted by Gasteiger charge is 2.29. The van der Waals surface area contributed by atoms with Crippen LogP contribution in [0.5, 0.6) is 0 Å². The van der Waals surface area contributed by atoms with Crippen LogP contribution in [0.25, 0.3) is 10.9 Å². The van der Waals surface area contributed by atoms with Crippen LogP contribution in [0.4, 0.5) is 0 Å². The summed E-state index contributed by atoms with van der Waals surface area (Å²) in [6, 6.07) is 8.13. The number of carbonyl (C=O) groups is 1. The quantitative estimate of drug-likeness (QED) is 0.817. The Morgan fingerprint density at radius 3 is 3.00 bits per heavy atom. The van der Waals surface area contributed by atoms with Gasteiger partial charge < -0.3 is 4.90 Å². The Hall–Kier alpha value is -1.55. The van der Waals surface area contributed by atoms with E-state index in [1.807, 2.05) is 36.2 Å². The monoisotopic (exact) mass is 305 g/mol. The van der Waals surface area contributed by atoms with Crippen LogP contribution in [0.2, 0.25) is 0 Å². The van der Waals surface area contributed by atoms with Crippen molar-refractivity contribution in [2.24, 2.45) is 7.05 Å². The predicted octanol–water partition coefficient (Wildman–Crippen LogP) is 3.20. The number of piperidine rings is 1. The Morgan fingerprint density at radius 2 is 2.19 bits per heavy atom. The maximum Gasteiger partial charge on any atom is 0.275 e. The van der Waals surface area contributed by atoms with Crippen molar-refractivity contribution in [2.75, 3.05) is 12.4 Å². The molecule has 2 aromatic rings. The number of likely N-dealkylation sites (tertiary alicyclic amines) is 1. The van der Waals surface area contributed by atoms with Crippen molar-refractivity contribution in [2.45, 2.75) is 31.7 Å². The lowest BCUT2D eigenvalue weighted by Crippen LogP contribution is -2.44. The lowest BCUT2D eigenvalue weighted by Gasteiger charge is -2.35. The molecule has 3 rings (SSSR count). The van der Waals surface area contributed by atoms with Gasteiger partial charge in [-0.2, -0.15) is 5.10 Å². The van der Waals surface area contributed by atoms with Gasteiger partial charge in [0, 0.05) is 30.9 Å². The van der Waals surface area contributed by atoms with Crippen LogP contribution in [-0.4, -0.2) is 39.1 Å². The molecule has 1 aliphatic heterocycles. The molecular weight excluding hydrogens is 286 g/mol. The first kappa shape index (κ1) is 14.4. The van der Waals surface area contributed by atoms with E-state index in [0.717, 1.165) is 36.7 Å². The van der Waals surface area contributed by atoms with Crippen LogP contribution >= 0.6 is 11.6 Å². The van der Waals surface area contributed by atoms with E-state index in [-0.39, 0.29) is 11.9 Å². The Kier molecular flexibility index (Phi) is 4.15. The van der Waals surface area contributed by atoms with Crippen molar-refractivity contribution in [1.82, 2.24) is 14.7 Å². The van der Waals surface area contributed by atoms with E-state index in [9.17, 15) is 4.79 Å². The zero-order chi connectivity index (χ0) is 14.8. The molecule has 5 heteroatoms. The third-order valence-electron chi connectivity index (χ3n) is 4.29. The van der Waals surface area contributed by atoms with E-state index in [4.69, 9.17) is 11.6 Å². The second-order valence-electron chi connectivity index (χ2n) is 5.62. The molecule has 112 valence electrons. The fraction of sp³-hybridized carbons (Fsp3) is 0.500. The summed E-state index contributed by atoms with van der Waals surface area (Å²) < 4.78 is 1.78. The Labute approximate surface area is 129 Å². The first-order valence-electron chi connectivity index (χ1n) is 7.51. The molecule has 1 aliphatic rings. The molecule has 0 spiro atoms. The van der Waals surface area contributed by atoms with Gasteiger partial charge in [0.05, 0.1) is 5.52 Å². The smallest absolute Gasteiger partial charge is 0.275 e. The van der Waals surface area contributed by atoms with Crippen LogP contribution < -0.4 is 0 Å². The number of rotatable bonds is 3. The summed E-state index contributed by atoms with van der Waals surface area (Å²) in [7, 11) is 1.88. The van der Waals surface area contributed by atoms with Gasteiger partial charge in [0.2, 0.25) is 0 Å². The number of carbonyl (C=O) groups excluding carboxylic acids is 1. The summed E-state index contributed by atoms with van der Waals surface area (Å²) in [6.07, 6.45) is 4.14. The van der Waals surface area contributed by atoms with Gasteiger partial charge in [0.1, 0.15) is 0 Å². The molecule has 1 amide bonds. The summed E-state index contributed by atoms with van der Waals surface area (Å²) in [5.41, 5.74) is 1.56. The first-order valence-corrected chi connectivity index (χ1v) is 8.04. The highest BCUT2D eigenvalue weighted by Crippen LogP contribution is 2.25. The molecule has 2 heterocycles. The van der Waals surface area contributed by atoms with Gasteiger partial charge in [0.15, 0.2) is 5.69 Å². The van der Waals surface area contributed by atoms with Gasteiger partial charge in [-0.25, -0.2) is 0 Å². The molecule has 1 aromatic carbocycles. The molecule has 0 bridgehead atoms. The molecular formula is C16H20ClN3O. The number of nitrogens with zero attached hydrogens (tertiary/aromatic N) is 3. The normalized spacial score (nSPS) is 19.1. The van der Waals surface area contributed by atoms with Gasteiger partial charge >= 0.3 is 0 Å². The number of hydrogen-bond acceptors (Lipinski definition) is 2. The van der Waals surface area contributed by atoms with Crippen LogP contribution in [0.3, 0.4) is 0 Å². The van der Waals surface area contributed by atoms with E-state index in [0.29, 0.717) is 11.6 Å². The molecule has 0 aliphatic carbocycles. The topological polar surface area (TPSA) is 38.1 Å². The lowest BCUT2D eigenvalue weighted by molar-refractivity contribution is 0.0604. The van der Waals surface area contributed by atoms with E-state index >= 15 is 0 Å². The summed E-state index contributed by atoms with van der Waals surface area (Å²) in [6.45, 7) is 0.811. The minimum atomic E-state index is 0.0432. The third kappa shape index (κ3) is 2.64. The minimum absolute atomic E-state index is 0.0432. The number of alkyl halides is 1. The summed E-state index contributed by atoms with van der Waals surface area (Å²) in [4.78, 5) is 14.9. The molecule has 1 unspecified atom stereocenters. The first-order chi connectivity index (χ1) is 10.2. The number of aromatic nitrogens is 2. The van der Waals surface area contributed by atoms with Crippen molar-refractivity contribution in [3.63, 3.8) is 0 Å². The standard InChI is InChI=1S/C16H20ClN3O/c1-19-14-8-3-2-7-13(14)15(18-19)16(21)20-11-5-4-6-12(20)9-10-17/h2-3,7-8,12H,4-6,9-11H2,1H3. The van der Waals surface area contributed by atoms with Crippen molar-refractivity contribution in [1.29, 1.82) is 0 Å². The predicted molar refractivity (Wildman–Crippen MR) is 84.7 cm³/mol. The molecule has 4 nitrogen and oxygen atoms in total. The van der Waals surface area contributed by atoms with Gasteiger partial charge in [-0.3, -0.25) is 9.48 Å². The van der Waals surface area contributed by atoms with Crippen molar-refractivity contribution < 1.29 is 4.79 Å². The average Bonchev–Trinajstić information content (AvgIpc) is 2.85. The van der Waals surface area contributed by atoms with Gasteiger partial charge in [-0.15, -0.1) is 11.6 Å². The number of aryl methyl sites for hydroxylation is 1. The number of amides is 1. The molecule has 0 N–H and O–H groups in total. The van der Waals surface area contributed by atoms with Crippen molar-refractivity contribution in [3.05, 3.63) is 30.0 Å². The second kappa shape index (κ2) is 6.06. The van der Waals surface area contributed by atoms with E-state index in [1.54, 1.807) is 4.68 Å². The molecule has 0 saturated carbocycles. The van der Waals surface area contributed by atoms with Gasteiger partial charge in [-0.05, 0) is 31.7 Å². The molecule has 1 atom stereocenters. The number of fused-ring (bicyclic) bond motifs is 1. The number of benzene rings is 1. The SMILES string of the molecule is Cn1nc(C(=O)N2CCCCC2CCCl)c2ccccc21. The van der Waals surface area contributed by atoms with Crippen molar-refractivity contribution >= 4 is 28.4 Å². The van der Waals surface area contributed by atoms with Crippen molar-refractivity contribution in [3.8, 4) is 0 Å². The molecule has 1 aromatic heterocycles. The Bertz CT molecular complexity index is 650. The minimum Gasteiger partial charge on any atom is -0.334 e. The average molecular weight is 306 g/mol. The zero-order valence-electron chi connectivity index (χ0n) is 12.3. The molecule has 0 radical (unpaired) electrons. The molecule has 21 heavy (non-hydrogen) atoms. The van der Waals surface area contributed by atoms with E-state index in [2.05, 4.69) is 5.10 Å². The molecule has 1 saturated heterocycles. The van der Waals surface area contributed by atoms with Crippen LogP contribution in [0.15, 0.2) is 24.3 Å². The van der Waals surface area contributed by atoms with E-state index < -0.39 is 0 Å². The third-order valence-corrected chi connectivity index (χ3v) is 4.51. The second-order valence-corrected chi connectivity index (χ2v) is 5.99. The Morgan fingerprint density at radius 1 is 1.38 bits per heavy atom. The number of halogens is 1. The van der Waals surface area contributed by atoms with Crippen LogP contribution in [-0.2, 0) is 7.05 Å². The van der Waals surface area contributed by atoms with Gasteiger partial charge in [0.25, 0.3) is 5.91 Å². The summed E-state index contributed by atoms with van der Waals surface area (Å²) >= 11 is 5.89. The number of hydrogen-bond donors (Lipinski definition) is 0. The van der Waals surface area contributed by atoms with E-state index in [1.165, 1.54) is 6.42 Å². The lowest BCUT2D eigenvalue weighted by atomic mass is 9.99.